The molecular weight excluding hydrogens is 314 g/mol. The first kappa shape index (κ1) is 10.9. The van der Waals surface area contributed by atoms with Gasteiger partial charge in [-0.2, -0.15) is 0 Å². The fourth-order valence-electron chi connectivity index (χ4n) is 0.743. The van der Waals surface area contributed by atoms with Gasteiger partial charge in [0.1, 0.15) is 5.69 Å². The number of rotatable bonds is 2. The lowest BCUT2D eigenvalue weighted by molar-refractivity contribution is 0.144. The molecule has 0 fully saturated rings. The zero-order valence-corrected chi connectivity index (χ0v) is 9.44. The zero-order chi connectivity index (χ0) is 10.0. The van der Waals surface area contributed by atoms with Gasteiger partial charge in [0.2, 0.25) is 5.88 Å². The number of nitrogens with zero attached hydrogens (tertiary/aromatic N) is 1. The molecule has 0 saturated carbocycles. The van der Waals surface area contributed by atoms with E-state index in [1.165, 1.54) is 13.2 Å². The zero-order valence-electron chi connectivity index (χ0n) is 6.52. The highest BCUT2D eigenvalue weighted by molar-refractivity contribution is 14.1. The first-order chi connectivity index (χ1) is 6.06. The Labute approximate surface area is 92.4 Å². The molecule has 2 nitrogen and oxygen atoms in total. The third-order valence-electron chi connectivity index (χ3n) is 1.33. The van der Waals surface area contributed by atoms with Crippen LogP contribution in [0.1, 0.15) is 12.1 Å². The number of hydrogen-bond donors (Lipinski definition) is 0. The van der Waals surface area contributed by atoms with E-state index in [2.05, 4.69) is 4.98 Å². The molecule has 6 heteroatoms. The number of pyridine rings is 1. The minimum Gasteiger partial charge on any atom is -0.481 e. The summed E-state index contributed by atoms with van der Waals surface area (Å²) in [4.78, 5) is 3.59. The second-order valence-corrected chi connectivity index (χ2v) is 3.63. The second-order valence-electron chi connectivity index (χ2n) is 2.15. The predicted molar refractivity (Wildman–Crippen MR) is 53.5 cm³/mol. The van der Waals surface area contributed by atoms with Crippen LogP contribution in [0.2, 0.25) is 5.02 Å². The van der Waals surface area contributed by atoms with E-state index < -0.39 is 6.43 Å². The third-order valence-corrected chi connectivity index (χ3v) is 3.08. The topological polar surface area (TPSA) is 22.1 Å². The van der Waals surface area contributed by atoms with Crippen LogP contribution in [0.3, 0.4) is 0 Å². The molecule has 0 unspecified atom stereocenters. The maximum Gasteiger partial charge on any atom is 0.281 e. The first-order valence-electron chi connectivity index (χ1n) is 3.24. The molecule has 0 bridgehead atoms. The molecule has 13 heavy (non-hydrogen) atoms. The SMILES string of the molecule is COc1cc(Cl)c(I)c(C(F)F)n1. The van der Waals surface area contributed by atoms with Crippen molar-refractivity contribution in [3.05, 3.63) is 20.4 Å². The standard InChI is InChI=1S/C7H5ClF2INO/c1-13-4-2-3(8)5(11)6(12-4)7(9)10/h2,7H,1H3. The van der Waals surface area contributed by atoms with E-state index in [9.17, 15) is 8.78 Å². The van der Waals surface area contributed by atoms with Gasteiger partial charge in [0.15, 0.2) is 0 Å². The van der Waals surface area contributed by atoms with Crippen molar-refractivity contribution < 1.29 is 13.5 Å². The van der Waals surface area contributed by atoms with Crippen molar-refractivity contribution in [3.8, 4) is 5.88 Å². The van der Waals surface area contributed by atoms with E-state index in [-0.39, 0.29) is 20.2 Å². The molecule has 0 aromatic carbocycles. The van der Waals surface area contributed by atoms with Crippen molar-refractivity contribution in [2.45, 2.75) is 6.43 Å². The molecule has 1 aromatic rings. The van der Waals surface area contributed by atoms with Crippen molar-refractivity contribution in [3.63, 3.8) is 0 Å². The lowest BCUT2D eigenvalue weighted by atomic mass is 10.3. The molecule has 0 spiro atoms. The number of halogens is 4. The Morgan fingerprint density at radius 1 is 1.62 bits per heavy atom. The minimum atomic E-state index is -2.64. The van der Waals surface area contributed by atoms with Gasteiger partial charge < -0.3 is 4.74 Å². The van der Waals surface area contributed by atoms with E-state index in [4.69, 9.17) is 16.3 Å². The highest BCUT2D eigenvalue weighted by Crippen LogP contribution is 2.30. The lowest BCUT2D eigenvalue weighted by Crippen LogP contribution is -1.98. The molecule has 0 saturated heterocycles. The molecule has 0 aliphatic carbocycles. The van der Waals surface area contributed by atoms with Crippen molar-refractivity contribution in [1.82, 2.24) is 4.98 Å². The second kappa shape index (κ2) is 4.36. The summed E-state index contributed by atoms with van der Waals surface area (Å²) in [5.74, 6) is 0.0979. The number of methoxy groups -OCH3 is 1. The Morgan fingerprint density at radius 2 is 2.23 bits per heavy atom. The summed E-state index contributed by atoms with van der Waals surface area (Å²) in [5.41, 5.74) is -0.343. The largest absolute Gasteiger partial charge is 0.481 e. The first-order valence-corrected chi connectivity index (χ1v) is 4.70. The van der Waals surface area contributed by atoms with Gasteiger partial charge in [-0.1, -0.05) is 11.6 Å². The summed E-state index contributed by atoms with van der Waals surface area (Å²) < 4.78 is 29.7. The van der Waals surface area contributed by atoms with Crippen LogP contribution in [0.15, 0.2) is 6.07 Å². The monoisotopic (exact) mass is 319 g/mol. The van der Waals surface area contributed by atoms with Crippen molar-refractivity contribution >= 4 is 34.2 Å². The summed E-state index contributed by atoms with van der Waals surface area (Å²) in [6.07, 6.45) is -2.64. The smallest absolute Gasteiger partial charge is 0.281 e. The Hall–Kier alpha value is -0.170. The molecule has 1 heterocycles. The van der Waals surface area contributed by atoms with E-state index >= 15 is 0 Å². The summed E-state index contributed by atoms with van der Waals surface area (Å²) in [6, 6.07) is 1.40. The highest BCUT2D eigenvalue weighted by Gasteiger charge is 2.17. The van der Waals surface area contributed by atoms with Crippen molar-refractivity contribution in [2.75, 3.05) is 7.11 Å². The van der Waals surface area contributed by atoms with E-state index in [1.807, 2.05) is 0 Å². The quantitative estimate of drug-likeness (QED) is 0.781. The van der Waals surface area contributed by atoms with Gasteiger partial charge in [0.25, 0.3) is 6.43 Å². The van der Waals surface area contributed by atoms with Crippen molar-refractivity contribution in [2.24, 2.45) is 0 Å². The summed E-state index contributed by atoms with van der Waals surface area (Å²) in [5, 5.41) is 0.225. The molecule has 0 amide bonds. The van der Waals surface area contributed by atoms with Gasteiger partial charge >= 0.3 is 0 Å². The van der Waals surface area contributed by atoms with Crippen LogP contribution in [-0.4, -0.2) is 12.1 Å². The van der Waals surface area contributed by atoms with Gasteiger partial charge in [-0.05, 0) is 22.6 Å². The van der Waals surface area contributed by atoms with E-state index in [0.717, 1.165) is 0 Å². The molecule has 1 aromatic heterocycles. The fraction of sp³-hybridized carbons (Fsp3) is 0.286. The van der Waals surface area contributed by atoms with Gasteiger partial charge in [-0.25, -0.2) is 13.8 Å². The van der Waals surface area contributed by atoms with Gasteiger partial charge in [-0.3, -0.25) is 0 Å². The Balaban J connectivity index is 3.25. The van der Waals surface area contributed by atoms with Crippen LogP contribution in [0, 0.1) is 3.57 Å². The lowest BCUT2D eigenvalue weighted by Gasteiger charge is -2.06. The van der Waals surface area contributed by atoms with Gasteiger partial charge in [0.05, 0.1) is 15.7 Å². The molecule has 72 valence electrons. The van der Waals surface area contributed by atoms with Gasteiger partial charge in [0, 0.05) is 6.07 Å². The molecule has 0 aliphatic heterocycles. The average Bonchev–Trinajstić information content (AvgIpc) is 2.09. The number of alkyl halides is 2. The Morgan fingerprint density at radius 3 is 2.69 bits per heavy atom. The normalized spacial score (nSPS) is 10.6. The van der Waals surface area contributed by atoms with E-state index in [1.54, 1.807) is 22.6 Å². The maximum absolute atomic E-state index is 12.3. The minimum absolute atomic E-state index is 0.0979. The highest BCUT2D eigenvalue weighted by atomic mass is 127. The summed E-state index contributed by atoms with van der Waals surface area (Å²) in [7, 11) is 1.35. The summed E-state index contributed by atoms with van der Waals surface area (Å²) >= 11 is 7.40. The van der Waals surface area contributed by atoms with Crippen LogP contribution in [0.25, 0.3) is 0 Å². The Bertz CT molecular complexity index is 322. The molecule has 0 radical (unpaired) electrons. The average molecular weight is 319 g/mol. The molecule has 0 atom stereocenters. The van der Waals surface area contributed by atoms with Gasteiger partial charge in [-0.15, -0.1) is 0 Å². The Kier molecular flexibility index (Phi) is 3.66. The molecule has 0 N–H and O–H groups in total. The van der Waals surface area contributed by atoms with Crippen molar-refractivity contribution in [1.29, 1.82) is 0 Å². The molecule has 0 aliphatic rings. The predicted octanol–water partition coefficient (Wildman–Crippen LogP) is 3.29. The van der Waals surface area contributed by atoms with Crippen LogP contribution < -0.4 is 4.74 Å². The number of aromatic nitrogens is 1. The van der Waals surface area contributed by atoms with E-state index in [0.29, 0.717) is 0 Å². The molecular formula is C7H5ClF2INO. The summed E-state index contributed by atoms with van der Waals surface area (Å²) in [6.45, 7) is 0. The number of hydrogen-bond acceptors (Lipinski definition) is 2. The van der Waals surface area contributed by atoms with Crippen LogP contribution >= 0.6 is 34.2 Å². The number of ether oxygens (including phenoxy) is 1. The maximum atomic E-state index is 12.3. The fourth-order valence-corrected chi connectivity index (χ4v) is 1.45. The van der Waals surface area contributed by atoms with Crippen LogP contribution in [0.4, 0.5) is 8.78 Å². The van der Waals surface area contributed by atoms with Crippen LogP contribution in [-0.2, 0) is 0 Å². The van der Waals surface area contributed by atoms with Crippen LogP contribution in [0.5, 0.6) is 5.88 Å². The molecule has 1 rings (SSSR count). The third kappa shape index (κ3) is 2.40.